The van der Waals surface area contributed by atoms with Crippen molar-refractivity contribution in [3.05, 3.63) is 0 Å². The number of imide groups is 1. The maximum Gasteiger partial charge on any atom is 0.325 e. The molecule has 6 nitrogen and oxygen atoms in total. The van der Waals surface area contributed by atoms with Crippen molar-refractivity contribution in [2.75, 3.05) is 13.1 Å². The van der Waals surface area contributed by atoms with Crippen LogP contribution in [0.2, 0.25) is 0 Å². The number of urea groups is 1. The maximum absolute atomic E-state index is 13.1. The molecule has 1 spiro atoms. The third-order valence-electron chi connectivity index (χ3n) is 7.36. The Balaban J connectivity index is 1.47. The van der Waals surface area contributed by atoms with Crippen LogP contribution in [0.5, 0.6) is 0 Å². The molecule has 4 aliphatic rings. The van der Waals surface area contributed by atoms with Gasteiger partial charge in [0.15, 0.2) is 0 Å². The van der Waals surface area contributed by atoms with Gasteiger partial charge in [-0.2, -0.15) is 0 Å². The summed E-state index contributed by atoms with van der Waals surface area (Å²) in [5, 5.41) is 2.95. The van der Waals surface area contributed by atoms with Gasteiger partial charge < -0.3 is 10.2 Å². The molecule has 2 aliphatic carbocycles. The molecule has 0 aromatic rings. The molecule has 1 N–H and O–H groups in total. The topological polar surface area (TPSA) is 69.7 Å². The average Bonchev–Trinajstić information content (AvgIpc) is 2.88. The number of carbonyl (C=O) groups is 3. The molecule has 0 aromatic heterocycles. The molecule has 0 bridgehead atoms. The summed E-state index contributed by atoms with van der Waals surface area (Å²) in [5.41, 5.74) is -0.773. The number of nitrogens with one attached hydrogen (secondary N) is 1. The summed E-state index contributed by atoms with van der Waals surface area (Å²) in [6, 6.07) is -0.0670. The zero-order valence-corrected chi connectivity index (χ0v) is 15.8. The minimum atomic E-state index is -0.773. The van der Waals surface area contributed by atoms with Gasteiger partial charge in [0.05, 0.1) is 0 Å². The van der Waals surface area contributed by atoms with Crippen LogP contribution in [0, 0.1) is 11.8 Å². The van der Waals surface area contributed by atoms with Gasteiger partial charge in [-0.05, 0) is 50.4 Å². The summed E-state index contributed by atoms with van der Waals surface area (Å²) in [6.45, 7) is 2.72. The lowest BCUT2D eigenvalue weighted by atomic mass is 9.73. The Morgan fingerprint density at radius 2 is 1.81 bits per heavy atom. The number of hydrogen-bond donors (Lipinski definition) is 1. The lowest BCUT2D eigenvalue weighted by Crippen LogP contribution is -2.55. The molecule has 6 heteroatoms. The van der Waals surface area contributed by atoms with E-state index in [1.54, 1.807) is 0 Å². The Morgan fingerprint density at radius 3 is 2.62 bits per heavy atom. The third kappa shape index (κ3) is 2.81. The Hall–Kier alpha value is -1.59. The second-order valence-corrected chi connectivity index (χ2v) is 8.78. The highest BCUT2D eigenvalue weighted by atomic mass is 16.2. The first kappa shape index (κ1) is 17.8. The van der Waals surface area contributed by atoms with Crippen LogP contribution in [-0.2, 0) is 9.59 Å². The maximum atomic E-state index is 13.1. The van der Waals surface area contributed by atoms with Crippen LogP contribution in [0.3, 0.4) is 0 Å². The Morgan fingerprint density at radius 1 is 1.08 bits per heavy atom. The number of piperidine rings is 1. The molecule has 0 aromatic carbocycles. The van der Waals surface area contributed by atoms with Crippen LogP contribution >= 0.6 is 0 Å². The molecular formula is C20H31N3O3. The number of hydrogen-bond acceptors (Lipinski definition) is 3. The lowest BCUT2D eigenvalue weighted by molar-refractivity contribution is -0.144. The number of fused-ring (bicyclic) bond motifs is 1. The number of rotatable bonds is 2. The van der Waals surface area contributed by atoms with Gasteiger partial charge in [0, 0.05) is 12.6 Å². The quantitative estimate of drug-likeness (QED) is 0.769. The van der Waals surface area contributed by atoms with E-state index in [1.165, 1.54) is 30.6 Å². The van der Waals surface area contributed by atoms with Crippen molar-refractivity contribution in [3.63, 3.8) is 0 Å². The minimum absolute atomic E-state index is 0.0504. The number of carbonyl (C=O) groups excluding carboxylic acids is 3. The first-order valence-electron chi connectivity index (χ1n) is 10.5. The van der Waals surface area contributed by atoms with Gasteiger partial charge in [-0.25, -0.2) is 4.79 Å². The molecule has 2 aliphatic heterocycles. The Kier molecular flexibility index (Phi) is 4.70. The molecule has 4 atom stereocenters. The van der Waals surface area contributed by atoms with Gasteiger partial charge in [0.2, 0.25) is 5.91 Å². The number of likely N-dealkylation sites (tertiary alicyclic amines) is 1. The van der Waals surface area contributed by atoms with Gasteiger partial charge in [0.1, 0.15) is 12.1 Å². The third-order valence-corrected chi connectivity index (χ3v) is 7.36. The van der Waals surface area contributed by atoms with Gasteiger partial charge in [-0.15, -0.1) is 0 Å². The SMILES string of the molecule is C[C@@H]1CCCC[C@]12NC(=O)N(CC(=O)N1CCC[C@H]3CCCC[C@@H]31)C2=O. The highest BCUT2D eigenvalue weighted by Crippen LogP contribution is 2.39. The zero-order chi connectivity index (χ0) is 18.3. The smallest absolute Gasteiger partial charge is 0.325 e. The fraction of sp³-hybridized carbons (Fsp3) is 0.850. The van der Waals surface area contributed by atoms with E-state index in [0.29, 0.717) is 18.4 Å². The predicted molar refractivity (Wildman–Crippen MR) is 97.3 cm³/mol. The summed E-state index contributed by atoms with van der Waals surface area (Å²) in [6.07, 6.45) is 10.6. The molecule has 2 saturated heterocycles. The van der Waals surface area contributed by atoms with E-state index >= 15 is 0 Å². The first-order valence-corrected chi connectivity index (χ1v) is 10.5. The largest absolute Gasteiger partial charge is 0.338 e. The van der Waals surface area contributed by atoms with Crippen molar-refractivity contribution in [1.29, 1.82) is 0 Å². The second kappa shape index (κ2) is 6.86. The van der Waals surface area contributed by atoms with Crippen LogP contribution in [-0.4, -0.2) is 52.3 Å². The second-order valence-electron chi connectivity index (χ2n) is 8.78. The van der Waals surface area contributed by atoms with Crippen molar-refractivity contribution >= 4 is 17.8 Å². The molecule has 4 fully saturated rings. The summed E-state index contributed by atoms with van der Waals surface area (Å²) >= 11 is 0. The van der Waals surface area contributed by atoms with E-state index in [9.17, 15) is 14.4 Å². The number of amides is 4. The van der Waals surface area contributed by atoms with E-state index in [2.05, 4.69) is 5.32 Å². The molecule has 0 radical (unpaired) electrons. The van der Waals surface area contributed by atoms with Crippen LogP contribution in [0.1, 0.15) is 71.1 Å². The zero-order valence-electron chi connectivity index (χ0n) is 15.8. The monoisotopic (exact) mass is 361 g/mol. The Labute approximate surface area is 155 Å². The van der Waals surface area contributed by atoms with Crippen LogP contribution in [0.25, 0.3) is 0 Å². The minimum Gasteiger partial charge on any atom is -0.338 e. The number of nitrogens with zero attached hydrogens (tertiary/aromatic N) is 2. The fourth-order valence-corrected chi connectivity index (χ4v) is 5.80. The molecular weight excluding hydrogens is 330 g/mol. The molecule has 26 heavy (non-hydrogen) atoms. The van der Waals surface area contributed by atoms with Gasteiger partial charge in [0.25, 0.3) is 5.91 Å². The fourth-order valence-electron chi connectivity index (χ4n) is 5.80. The first-order chi connectivity index (χ1) is 12.5. The lowest BCUT2D eigenvalue weighted by Gasteiger charge is -2.44. The van der Waals surface area contributed by atoms with Crippen LogP contribution in [0.15, 0.2) is 0 Å². The molecule has 2 heterocycles. The highest BCUT2D eigenvalue weighted by molar-refractivity contribution is 6.09. The molecule has 4 amide bonds. The van der Waals surface area contributed by atoms with Gasteiger partial charge in [-0.3, -0.25) is 14.5 Å². The molecule has 4 rings (SSSR count). The summed E-state index contributed by atoms with van der Waals surface area (Å²) in [5.74, 6) is 0.505. The van der Waals surface area contributed by atoms with Crippen molar-refractivity contribution < 1.29 is 14.4 Å². The summed E-state index contributed by atoms with van der Waals surface area (Å²) in [7, 11) is 0. The van der Waals surface area contributed by atoms with Gasteiger partial charge >= 0.3 is 6.03 Å². The van der Waals surface area contributed by atoms with Crippen molar-refractivity contribution in [2.24, 2.45) is 11.8 Å². The van der Waals surface area contributed by atoms with Crippen molar-refractivity contribution in [2.45, 2.75) is 82.7 Å². The van der Waals surface area contributed by atoms with E-state index in [4.69, 9.17) is 0 Å². The van der Waals surface area contributed by atoms with E-state index in [0.717, 1.165) is 38.6 Å². The highest BCUT2D eigenvalue weighted by Gasteiger charge is 2.55. The molecule has 0 unspecified atom stereocenters. The molecule has 2 saturated carbocycles. The van der Waals surface area contributed by atoms with E-state index in [1.807, 2.05) is 11.8 Å². The van der Waals surface area contributed by atoms with Crippen LogP contribution in [0.4, 0.5) is 4.79 Å². The molecule has 144 valence electrons. The van der Waals surface area contributed by atoms with Crippen LogP contribution < -0.4 is 5.32 Å². The van der Waals surface area contributed by atoms with Crippen molar-refractivity contribution in [3.8, 4) is 0 Å². The predicted octanol–water partition coefficient (Wildman–Crippen LogP) is 2.67. The van der Waals surface area contributed by atoms with E-state index in [-0.39, 0.29) is 30.3 Å². The summed E-state index contributed by atoms with van der Waals surface area (Å²) in [4.78, 5) is 41.8. The normalized spacial score (nSPS) is 37.7. The van der Waals surface area contributed by atoms with Crippen molar-refractivity contribution in [1.82, 2.24) is 15.1 Å². The average molecular weight is 361 g/mol. The Bertz CT molecular complexity index is 605. The standard InChI is InChI=1S/C20H31N3O3/c1-14-7-4-5-11-20(14)18(25)23(19(26)21-20)13-17(24)22-12-6-9-15-8-2-3-10-16(15)22/h14-16H,2-13H2,1H3,(H,21,26)/t14-,15-,16+,20+/m1/s1. The summed E-state index contributed by atoms with van der Waals surface area (Å²) < 4.78 is 0. The van der Waals surface area contributed by atoms with E-state index < -0.39 is 5.54 Å². The van der Waals surface area contributed by atoms with Gasteiger partial charge in [-0.1, -0.05) is 32.6 Å².